The van der Waals surface area contributed by atoms with Crippen LogP contribution in [0.5, 0.6) is 5.75 Å². The van der Waals surface area contributed by atoms with Crippen LogP contribution in [0, 0.1) is 25.2 Å². The number of carbonyl (C=O) groups is 4. The normalized spacial score (nSPS) is 14.8. The second-order valence-corrected chi connectivity index (χ2v) is 32.3. The molecule has 4 amide bonds. The van der Waals surface area contributed by atoms with E-state index in [2.05, 4.69) is 71.8 Å². The summed E-state index contributed by atoms with van der Waals surface area (Å²) in [6, 6.07) is 44.4. The molecule has 2 atom stereocenters. The number of amides is 4. The number of aromatic nitrogens is 7. The molecule has 29 nitrogen and oxygen atoms in total. The van der Waals surface area contributed by atoms with Crippen molar-refractivity contribution in [1.82, 2.24) is 48.8 Å². The number of ether oxygens (including phenoxy) is 1. The van der Waals surface area contributed by atoms with Gasteiger partial charge >= 0.3 is 6.36 Å². The highest BCUT2D eigenvalue weighted by molar-refractivity contribution is 7.93. The summed E-state index contributed by atoms with van der Waals surface area (Å²) in [7, 11) is -9.65. The number of likely N-dealkylation sites (N-methyl/N-ethyl adjacent to an activating group) is 1. The molecule has 11 aromatic rings. The van der Waals surface area contributed by atoms with Gasteiger partial charge in [0.05, 0.1) is 32.9 Å². The summed E-state index contributed by atoms with van der Waals surface area (Å²) < 4.78 is 128. The van der Waals surface area contributed by atoms with Gasteiger partial charge in [-0.1, -0.05) is 11.6 Å². The fraction of sp³-hybridized carbons (Fsp3) is 0.263. The number of nitrogens with zero attached hydrogens (tertiary/aromatic N) is 15. The lowest BCUT2D eigenvalue weighted by molar-refractivity contribution is -0.274. The molecule has 3 aliphatic heterocycles. The largest absolute Gasteiger partial charge is 0.573 e. The minimum Gasteiger partial charge on any atom is -0.406 e. The predicted octanol–water partition coefficient (Wildman–Crippen LogP) is 10.7. The van der Waals surface area contributed by atoms with Gasteiger partial charge in [-0.15, -0.1) is 24.5 Å². The number of fused-ring (bicyclic) bond motifs is 2. The van der Waals surface area contributed by atoms with Crippen LogP contribution >= 0.6 is 11.3 Å². The van der Waals surface area contributed by atoms with Gasteiger partial charge in [0.15, 0.2) is 5.13 Å². The first kappa shape index (κ1) is 79.4. The van der Waals surface area contributed by atoms with E-state index in [9.17, 15) is 57.6 Å². The molecule has 0 saturated carbocycles. The third kappa shape index (κ3) is 19.1. The van der Waals surface area contributed by atoms with Crippen molar-refractivity contribution in [3.05, 3.63) is 217 Å². The molecule has 3 saturated heterocycles. The van der Waals surface area contributed by atoms with Crippen molar-refractivity contribution in [1.29, 1.82) is 5.26 Å². The number of hydrogen-bond acceptors (Lipinski definition) is 21. The van der Waals surface area contributed by atoms with Crippen molar-refractivity contribution >= 4 is 126 Å². The lowest BCUT2D eigenvalue weighted by Gasteiger charge is -2.37. The van der Waals surface area contributed by atoms with E-state index in [1.54, 1.807) is 86.6 Å². The molecule has 0 aliphatic carbocycles. The van der Waals surface area contributed by atoms with Gasteiger partial charge in [0, 0.05) is 157 Å². The number of benzene rings is 6. The monoisotopic (exact) mass is 1610 g/mol. The number of carbonyl (C=O) groups excluding carboxylic acids is 4. The molecule has 112 heavy (non-hydrogen) atoms. The SMILES string of the molecule is CC(C(=O)N1CCN(c2ccc(S(=O)(=O)Nc3ccncn3)cc2)CC1)n1ccc2cc(C#N)ccc21.CN(CC(=O)N1CCN(c2ccc(S(=O)(=O)Nc3ccncn3)cc2)CC1)c1ccc(OC(F)(F)F)cc1.Cc1ccc2c(c1)cc(C)n2C(C)C(=O)N1CCN(c2ccc(S(=O)(=O)Nc3nccs3)cc2)C(=O)C1.[HH].[HH].[HH]. The number of rotatable bonds is 20. The average molecular weight is 1610 g/mol. The highest BCUT2D eigenvalue weighted by Crippen LogP contribution is 2.32. The highest BCUT2D eigenvalue weighted by Gasteiger charge is 2.34. The van der Waals surface area contributed by atoms with E-state index in [1.165, 1.54) is 103 Å². The number of nitrogens with one attached hydrogen (secondary N) is 3. The van der Waals surface area contributed by atoms with Crippen LogP contribution in [0.3, 0.4) is 0 Å². The van der Waals surface area contributed by atoms with Crippen LogP contribution in [-0.2, 0) is 49.2 Å². The van der Waals surface area contributed by atoms with Crippen molar-refractivity contribution in [3.63, 3.8) is 0 Å². The van der Waals surface area contributed by atoms with E-state index in [1.807, 2.05) is 78.3 Å². The van der Waals surface area contributed by atoms with E-state index in [-0.39, 0.29) is 84.2 Å². The molecule has 5 aromatic heterocycles. The first-order valence-corrected chi connectivity index (χ1v) is 40.4. The van der Waals surface area contributed by atoms with Gasteiger partial charge in [0.2, 0.25) is 23.6 Å². The molecule has 3 N–H and O–H groups in total. The minimum atomic E-state index is -4.76. The number of thiazole rings is 1. The van der Waals surface area contributed by atoms with E-state index < -0.39 is 42.5 Å². The van der Waals surface area contributed by atoms with Crippen LogP contribution in [0.4, 0.5) is 52.7 Å². The maximum absolute atomic E-state index is 13.4. The van der Waals surface area contributed by atoms with Gasteiger partial charge in [-0.3, -0.25) is 33.3 Å². The summed E-state index contributed by atoms with van der Waals surface area (Å²) in [5.41, 5.74) is 7.54. The third-order valence-electron chi connectivity index (χ3n) is 19.0. The molecule has 6 aromatic carbocycles. The van der Waals surface area contributed by atoms with Crippen molar-refractivity contribution in [3.8, 4) is 11.8 Å². The molecule has 0 spiro atoms. The number of nitriles is 1. The zero-order chi connectivity index (χ0) is 79.7. The summed E-state index contributed by atoms with van der Waals surface area (Å²) >= 11 is 1.19. The Bertz CT molecular complexity index is 5600. The third-order valence-corrected chi connectivity index (χ3v) is 23.9. The van der Waals surface area contributed by atoms with Crippen LogP contribution in [0.2, 0.25) is 0 Å². The number of aryl methyl sites for hydroxylation is 2. The molecule has 14 rings (SSSR count). The summed E-state index contributed by atoms with van der Waals surface area (Å²) in [5.74, 6) is -0.350. The number of piperazine rings is 3. The molecule has 588 valence electrons. The standard InChI is InChI=1S/C26H25N7O3S.C26H27N5O4S2.C24H25F3N6O4S.3H2/c1-19(33-11-9-21-16-20(17-27)2-7-24(21)33)26(34)32-14-12-31(13-15-32)22-3-5-23(6-4-22)37(35,36)30-25-8-10-28-18-29-25;1-17-4-9-23-20(14-17)15-18(2)31(23)19(3)25(33)29-11-12-30(24(32)16-29)21-5-7-22(8-6-21)37(34,35)28-26-27-10-13-36-26;1-31(18-2-6-20(7-3-18)37-24(25,26)27)16-23(34)33-14-12-32(13-15-33)19-4-8-21(9-5-19)38(35,36)30-22-10-11-28-17-29-22;;;/h2-11,16,18-19H,12-15H2,1H3,(H,28,29,30);4-10,13-15,19H,11-12,16H2,1-3H3,(H,27,28);2-11,17H,12-16H2,1H3,(H,28,29,30);3*1H. The summed E-state index contributed by atoms with van der Waals surface area (Å²) in [5, 5.41) is 13.1. The van der Waals surface area contributed by atoms with Gasteiger partial charge < -0.3 is 48.2 Å². The number of sulfonamides is 3. The van der Waals surface area contributed by atoms with Crippen molar-refractivity contribution < 1.29 is 66.6 Å². The summed E-state index contributed by atoms with van der Waals surface area (Å²) in [4.78, 5) is 84.6. The fourth-order valence-corrected chi connectivity index (χ4v) is 17.0. The number of hydrogen-bond donors (Lipinski definition) is 3. The Hall–Kier alpha value is -12.2. The minimum absolute atomic E-state index is 0. The molecule has 8 heterocycles. The molecule has 2 unspecified atom stereocenters. The Morgan fingerprint density at radius 3 is 1.63 bits per heavy atom. The topological polar surface area (TPSA) is 337 Å². The highest BCUT2D eigenvalue weighted by atomic mass is 32.2. The molecule has 36 heteroatoms. The predicted molar refractivity (Wildman–Crippen MR) is 425 cm³/mol. The Balaban J connectivity index is 0.000000195. The lowest BCUT2D eigenvalue weighted by atomic mass is 10.1. The number of halogens is 3. The van der Waals surface area contributed by atoms with E-state index in [4.69, 9.17) is 5.26 Å². The van der Waals surface area contributed by atoms with Gasteiger partial charge in [-0.05, 0) is 179 Å². The van der Waals surface area contributed by atoms with Crippen molar-refractivity contribution in [2.24, 2.45) is 0 Å². The van der Waals surface area contributed by atoms with E-state index >= 15 is 0 Å². The Labute approximate surface area is 652 Å². The first-order chi connectivity index (χ1) is 53.5. The summed E-state index contributed by atoms with van der Waals surface area (Å²) in [6.45, 7) is 13.0. The lowest BCUT2D eigenvalue weighted by Crippen LogP contribution is -2.53. The van der Waals surface area contributed by atoms with E-state index in [0.717, 1.165) is 44.4 Å². The van der Waals surface area contributed by atoms with Crippen molar-refractivity contribution in [2.75, 3.05) is 119 Å². The second-order valence-electron chi connectivity index (χ2n) is 26.4. The van der Waals surface area contributed by atoms with Gasteiger partial charge in [0.1, 0.15) is 48.7 Å². The fourth-order valence-electron chi connectivity index (χ4n) is 13.2. The smallest absolute Gasteiger partial charge is 0.406 e. The Morgan fingerprint density at radius 2 is 1.12 bits per heavy atom. The van der Waals surface area contributed by atoms with Gasteiger partial charge in [-0.2, -0.15) is 5.26 Å². The van der Waals surface area contributed by atoms with Crippen molar-refractivity contribution in [2.45, 2.75) is 60.8 Å². The number of anilines is 7. The molecule has 3 fully saturated rings. The zero-order valence-electron chi connectivity index (χ0n) is 61.2. The Morgan fingerprint density at radius 1 is 0.589 bits per heavy atom. The summed E-state index contributed by atoms with van der Waals surface area (Å²) in [6.07, 6.45) is 4.07. The molecule has 0 bridgehead atoms. The van der Waals surface area contributed by atoms with E-state index in [0.29, 0.717) is 82.4 Å². The van der Waals surface area contributed by atoms with Gasteiger partial charge in [-0.25, -0.2) is 50.2 Å². The Kier molecular flexibility index (Phi) is 24.1. The molecule has 0 radical (unpaired) electrons. The second kappa shape index (κ2) is 34.0. The maximum Gasteiger partial charge on any atom is 0.573 e. The quantitative estimate of drug-likeness (QED) is 0.0638. The zero-order valence-corrected chi connectivity index (χ0v) is 64.4. The molecule has 3 aliphatic rings. The number of alkyl halides is 3. The maximum atomic E-state index is 13.4. The molecular weight excluding hydrogens is 1530 g/mol. The van der Waals surface area contributed by atoms with Crippen LogP contribution < -0.4 is 38.5 Å². The average Bonchev–Trinajstić information content (AvgIpc) is 1.71. The van der Waals surface area contributed by atoms with Crippen LogP contribution in [0.15, 0.2) is 215 Å². The van der Waals surface area contributed by atoms with Crippen LogP contribution in [0.25, 0.3) is 21.8 Å². The van der Waals surface area contributed by atoms with Gasteiger partial charge in [0.25, 0.3) is 30.1 Å². The van der Waals surface area contributed by atoms with Crippen LogP contribution in [-0.4, -0.2) is 190 Å². The molecular formula is C76H83F3N18O11S4. The van der Waals surface area contributed by atoms with Crippen LogP contribution in [0.1, 0.15) is 47.0 Å². The first-order valence-electron chi connectivity index (χ1n) is 35.1.